The van der Waals surface area contributed by atoms with Gasteiger partial charge >= 0.3 is 5.97 Å². The number of carbonyl (C=O) groups is 1. The van der Waals surface area contributed by atoms with Crippen LogP contribution in [-0.4, -0.2) is 62.1 Å². The molecule has 0 amide bonds. The van der Waals surface area contributed by atoms with Gasteiger partial charge in [-0.15, -0.1) is 0 Å². The van der Waals surface area contributed by atoms with E-state index in [0.29, 0.717) is 6.04 Å². The van der Waals surface area contributed by atoms with Crippen LogP contribution in [0.4, 0.5) is 0 Å². The molecule has 4 nitrogen and oxygen atoms in total. The molecular weight excluding hydrogens is 240 g/mol. The highest BCUT2D eigenvalue weighted by molar-refractivity contribution is 5.88. The lowest BCUT2D eigenvalue weighted by Gasteiger charge is -2.35. The average molecular weight is 268 g/mol. The Kier molecular flexibility index (Phi) is 7.10. The molecule has 1 fully saturated rings. The third-order valence-electron chi connectivity index (χ3n) is 4.08. The first-order chi connectivity index (χ1) is 9.12. The van der Waals surface area contributed by atoms with Gasteiger partial charge in [0.15, 0.2) is 0 Å². The maximum Gasteiger partial charge on any atom is 0.333 e. The van der Waals surface area contributed by atoms with Crippen LogP contribution in [0.1, 0.15) is 33.1 Å². The quantitative estimate of drug-likeness (QED) is 0.544. The topological polar surface area (TPSA) is 32.8 Å². The molecule has 0 aromatic carbocycles. The lowest BCUT2D eigenvalue weighted by atomic mass is 10.0. The van der Waals surface area contributed by atoms with E-state index in [2.05, 4.69) is 23.8 Å². The van der Waals surface area contributed by atoms with Gasteiger partial charge in [0.05, 0.1) is 7.11 Å². The van der Waals surface area contributed by atoms with Crippen LogP contribution >= 0.6 is 0 Å². The first-order valence-corrected chi connectivity index (χ1v) is 7.32. The molecule has 0 N–H and O–H groups in total. The number of hydrogen-bond acceptors (Lipinski definition) is 4. The smallest absolute Gasteiger partial charge is 0.333 e. The second kappa shape index (κ2) is 8.33. The van der Waals surface area contributed by atoms with Gasteiger partial charge in [-0.25, -0.2) is 4.79 Å². The summed E-state index contributed by atoms with van der Waals surface area (Å²) in [5, 5.41) is 0. The summed E-state index contributed by atoms with van der Waals surface area (Å²) in [6, 6.07) is 0.634. The van der Waals surface area contributed by atoms with E-state index in [1.807, 2.05) is 13.0 Å². The van der Waals surface area contributed by atoms with Crippen LogP contribution in [0, 0.1) is 0 Å². The molecule has 4 heteroatoms. The first kappa shape index (κ1) is 16.2. The second-order valence-corrected chi connectivity index (χ2v) is 5.18. The largest absolute Gasteiger partial charge is 0.466 e. The zero-order chi connectivity index (χ0) is 14.3. The van der Waals surface area contributed by atoms with Crippen molar-refractivity contribution in [3.63, 3.8) is 0 Å². The van der Waals surface area contributed by atoms with Crippen molar-refractivity contribution in [2.24, 2.45) is 0 Å². The van der Waals surface area contributed by atoms with E-state index in [-0.39, 0.29) is 5.97 Å². The van der Waals surface area contributed by atoms with Gasteiger partial charge in [0.2, 0.25) is 0 Å². The van der Waals surface area contributed by atoms with E-state index >= 15 is 0 Å². The van der Waals surface area contributed by atoms with E-state index in [1.54, 1.807) is 0 Å². The SMILES string of the molecule is CCC(=CCN(C)C1CCN(CC)CC1)C(=O)OC. The predicted molar refractivity (Wildman–Crippen MR) is 78.2 cm³/mol. The summed E-state index contributed by atoms with van der Waals surface area (Å²) in [6.07, 6.45) is 5.18. The molecule has 0 aliphatic carbocycles. The molecule has 0 saturated carbocycles. The van der Waals surface area contributed by atoms with Gasteiger partial charge in [-0.1, -0.05) is 19.9 Å². The monoisotopic (exact) mass is 268 g/mol. The van der Waals surface area contributed by atoms with Gasteiger partial charge in [-0.05, 0) is 45.9 Å². The van der Waals surface area contributed by atoms with Crippen molar-refractivity contribution in [1.29, 1.82) is 0 Å². The van der Waals surface area contributed by atoms with Gasteiger partial charge in [-0.3, -0.25) is 4.90 Å². The number of ether oxygens (including phenoxy) is 1. The number of hydrogen-bond donors (Lipinski definition) is 0. The Morgan fingerprint density at radius 3 is 2.47 bits per heavy atom. The van der Waals surface area contributed by atoms with Crippen LogP contribution in [0.2, 0.25) is 0 Å². The van der Waals surface area contributed by atoms with Crippen LogP contribution in [0.25, 0.3) is 0 Å². The molecule has 1 aliphatic rings. The molecule has 0 aromatic heterocycles. The maximum atomic E-state index is 11.5. The summed E-state index contributed by atoms with van der Waals surface area (Å²) >= 11 is 0. The fourth-order valence-electron chi connectivity index (χ4n) is 2.58. The number of likely N-dealkylation sites (tertiary alicyclic amines) is 1. The van der Waals surface area contributed by atoms with E-state index in [1.165, 1.54) is 33.0 Å². The van der Waals surface area contributed by atoms with Crippen LogP contribution < -0.4 is 0 Å². The highest BCUT2D eigenvalue weighted by Crippen LogP contribution is 2.15. The van der Waals surface area contributed by atoms with Crippen molar-refractivity contribution in [1.82, 2.24) is 9.80 Å². The maximum absolute atomic E-state index is 11.5. The van der Waals surface area contributed by atoms with Crippen LogP contribution in [0.15, 0.2) is 11.6 Å². The van der Waals surface area contributed by atoms with Gasteiger partial charge in [0, 0.05) is 18.2 Å². The molecule has 19 heavy (non-hydrogen) atoms. The highest BCUT2D eigenvalue weighted by Gasteiger charge is 2.21. The van der Waals surface area contributed by atoms with Crippen molar-refractivity contribution in [3.8, 4) is 0 Å². The molecule has 1 aliphatic heterocycles. The van der Waals surface area contributed by atoms with Crippen molar-refractivity contribution in [2.45, 2.75) is 39.2 Å². The minimum Gasteiger partial charge on any atom is -0.466 e. The molecular formula is C15H28N2O2. The summed E-state index contributed by atoms with van der Waals surface area (Å²) < 4.78 is 4.78. The van der Waals surface area contributed by atoms with E-state index in [9.17, 15) is 4.79 Å². The van der Waals surface area contributed by atoms with Crippen LogP contribution in [0.5, 0.6) is 0 Å². The Balaban J connectivity index is 2.44. The normalized spacial score (nSPS) is 18.9. The number of carbonyl (C=O) groups excluding carboxylic acids is 1. The van der Waals surface area contributed by atoms with Crippen LogP contribution in [-0.2, 0) is 9.53 Å². The molecule has 1 saturated heterocycles. The minimum atomic E-state index is -0.197. The number of nitrogens with zero attached hydrogens (tertiary/aromatic N) is 2. The average Bonchev–Trinajstić information content (AvgIpc) is 2.47. The highest BCUT2D eigenvalue weighted by atomic mass is 16.5. The van der Waals surface area contributed by atoms with Crippen LogP contribution in [0.3, 0.4) is 0 Å². The number of piperidine rings is 1. The standard InChI is InChI=1S/C15H28N2O2/c1-5-13(15(18)19-4)7-10-16(3)14-8-11-17(6-2)12-9-14/h7,14H,5-6,8-12H2,1-4H3. The molecule has 0 spiro atoms. The summed E-state index contributed by atoms with van der Waals surface area (Å²) in [7, 11) is 3.59. The minimum absolute atomic E-state index is 0.197. The summed E-state index contributed by atoms with van der Waals surface area (Å²) in [5.74, 6) is -0.197. The Labute approximate surface area is 117 Å². The van der Waals surface area contributed by atoms with Gasteiger partial charge in [-0.2, -0.15) is 0 Å². The lowest BCUT2D eigenvalue weighted by Crippen LogP contribution is -2.43. The molecule has 1 heterocycles. The second-order valence-electron chi connectivity index (χ2n) is 5.18. The Hall–Kier alpha value is -0.870. The molecule has 1 rings (SSSR count). The fourth-order valence-corrected chi connectivity index (χ4v) is 2.58. The predicted octanol–water partition coefficient (Wildman–Crippen LogP) is 1.91. The van der Waals surface area contributed by atoms with E-state index in [4.69, 9.17) is 4.74 Å². The molecule has 0 unspecified atom stereocenters. The van der Waals surface area contributed by atoms with Crippen molar-refractivity contribution in [3.05, 3.63) is 11.6 Å². The Morgan fingerprint density at radius 1 is 1.37 bits per heavy atom. The number of rotatable bonds is 6. The zero-order valence-electron chi connectivity index (χ0n) is 12.8. The first-order valence-electron chi connectivity index (χ1n) is 7.32. The molecule has 0 bridgehead atoms. The molecule has 0 radical (unpaired) electrons. The summed E-state index contributed by atoms with van der Waals surface area (Å²) in [4.78, 5) is 16.3. The Bertz CT molecular complexity index is 307. The fraction of sp³-hybridized carbons (Fsp3) is 0.800. The molecule has 0 atom stereocenters. The molecule has 0 aromatic rings. The number of likely N-dealkylation sites (N-methyl/N-ethyl adjacent to an activating group) is 1. The number of esters is 1. The van der Waals surface area contributed by atoms with Crippen molar-refractivity contribution < 1.29 is 9.53 Å². The van der Waals surface area contributed by atoms with Crippen molar-refractivity contribution in [2.75, 3.05) is 40.3 Å². The lowest BCUT2D eigenvalue weighted by molar-refractivity contribution is -0.136. The summed E-state index contributed by atoms with van der Waals surface area (Å²) in [6.45, 7) is 8.56. The number of methoxy groups -OCH3 is 1. The zero-order valence-corrected chi connectivity index (χ0v) is 12.8. The third kappa shape index (κ3) is 4.96. The van der Waals surface area contributed by atoms with Gasteiger partial charge in [0.1, 0.15) is 0 Å². The summed E-state index contributed by atoms with van der Waals surface area (Å²) in [5.41, 5.74) is 0.778. The van der Waals surface area contributed by atoms with Gasteiger partial charge < -0.3 is 9.64 Å². The third-order valence-corrected chi connectivity index (χ3v) is 4.08. The van der Waals surface area contributed by atoms with E-state index < -0.39 is 0 Å². The van der Waals surface area contributed by atoms with Gasteiger partial charge in [0.25, 0.3) is 0 Å². The van der Waals surface area contributed by atoms with E-state index in [0.717, 1.165) is 25.1 Å². The Morgan fingerprint density at radius 2 is 2.00 bits per heavy atom. The molecule has 110 valence electrons. The van der Waals surface area contributed by atoms with Crippen molar-refractivity contribution >= 4 is 5.97 Å².